The molecule has 0 unspecified atom stereocenters. The standard InChI is InChI=1S/C5H6N2O2/c1-9-5(8)4-2-3-6-7-4/h2-3H,1H3,(H,6,7)/i1D3. The van der Waals surface area contributed by atoms with Gasteiger partial charge < -0.3 is 4.74 Å². The van der Waals surface area contributed by atoms with Gasteiger partial charge in [0, 0.05) is 6.20 Å². The Bertz CT molecular complexity index is 267. The van der Waals surface area contributed by atoms with Gasteiger partial charge in [-0.25, -0.2) is 4.79 Å². The molecule has 1 rings (SSSR count). The molecule has 48 valence electrons. The molecule has 1 aromatic rings. The molecule has 0 aromatic carbocycles. The molecule has 9 heavy (non-hydrogen) atoms. The highest BCUT2D eigenvalue weighted by molar-refractivity contribution is 5.86. The molecule has 4 nitrogen and oxygen atoms in total. The van der Waals surface area contributed by atoms with Crippen LogP contribution in [0.3, 0.4) is 0 Å². The number of hydrogen-bond donors (Lipinski definition) is 1. The Kier molecular flexibility index (Phi) is 0.768. The van der Waals surface area contributed by atoms with E-state index in [1.807, 2.05) is 0 Å². The van der Waals surface area contributed by atoms with Crippen LogP contribution in [-0.4, -0.2) is 23.2 Å². The van der Waals surface area contributed by atoms with Crippen molar-refractivity contribution in [3.8, 4) is 0 Å². The topological polar surface area (TPSA) is 55.0 Å². The van der Waals surface area contributed by atoms with Gasteiger partial charge in [0.2, 0.25) is 0 Å². The van der Waals surface area contributed by atoms with E-state index in [4.69, 9.17) is 4.11 Å². The zero-order valence-electron chi connectivity index (χ0n) is 7.42. The lowest BCUT2D eigenvalue weighted by molar-refractivity contribution is 0.0594. The van der Waals surface area contributed by atoms with Gasteiger partial charge in [-0.3, -0.25) is 5.10 Å². The smallest absolute Gasteiger partial charge is 0.356 e. The van der Waals surface area contributed by atoms with E-state index in [2.05, 4.69) is 14.9 Å². The number of nitrogens with one attached hydrogen (secondary N) is 1. The van der Waals surface area contributed by atoms with Gasteiger partial charge >= 0.3 is 5.97 Å². The van der Waals surface area contributed by atoms with Crippen LogP contribution in [0.1, 0.15) is 14.6 Å². The van der Waals surface area contributed by atoms with Crippen LogP contribution in [-0.2, 0) is 4.74 Å². The number of nitrogens with zero attached hydrogens (tertiary/aromatic N) is 1. The summed E-state index contributed by atoms with van der Waals surface area (Å²) in [5.41, 5.74) is 0.0196. The maximum Gasteiger partial charge on any atom is 0.356 e. The van der Waals surface area contributed by atoms with Gasteiger partial charge in [-0.2, -0.15) is 5.10 Å². The number of aromatic amines is 1. The van der Waals surface area contributed by atoms with Gasteiger partial charge in [0.15, 0.2) is 0 Å². The maximum absolute atomic E-state index is 10.9. The summed E-state index contributed by atoms with van der Waals surface area (Å²) in [6, 6.07) is 1.33. The van der Waals surface area contributed by atoms with Gasteiger partial charge in [-0.15, -0.1) is 0 Å². The number of ether oxygens (including phenoxy) is 1. The molecular weight excluding hydrogens is 120 g/mol. The average Bonchev–Trinajstić information content (AvgIpc) is 2.32. The summed E-state index contributed by atoms with van der Waals surface area (Å²) in [4.78, 5) is 10.9. The van der Waals surface area contributed by atoms with Gasteiger partial charge in [-0.05, 0) is 6.07 Å². The summed E-state index contributed by atoms with van der Waals surface area (Å²) >= 11 is 0. The zero-order chi connectivity index (χ0) is 9.19. The number of hydrogen-bond acceptors (Lipinski definition) is 3. The number of carbonyl (C=O) groups is 1. The van der Waals surface area contributed by atoms with E-state index in [0.29, 0.717) is 0 Å². The predicted molar refractivity (Wildman–Crippen MR) is 29.9 cm³/mol. The Morgan fingerprint density at radius 3 is 3.56 bits per heavy atom. The number of carbonyl (C=O) groups excluding carboxylic acids is 1. The highest BCUT2D eigenvalue weighted by Crippen LogP contribution is 1.92. The van der Waals surface area contributed by atoms with Crippen LogP contribution >= 0.6 is 0 Å². The Labute approximate surface area is 56.0 Å². The monoisotopic (exact) mass is 129 g/mol. The van der Waals surface area contributed by atoms with Crippen LogP contribution in [0, 0.1) is 0 Å². The van der Waals surface area contributed by atoms with E-state index in [1.54, 1.807) is 0 Å². The fraction of sp³-hybridized carbons (Fsp3) is 0.200. The van der Waals surface area contributed by atoms with E-state index >= 15 is 0 Å². The van der Waals surface area contributed by atoms with Crippen molar-refractivity contribution < 1.29 is 13.6 Å². The van der Waals surface area contributed by atoms with Crippen molar-refractivity contribution >= 4 is 5.97 Å². The van der Waals surface area contributed by atoms with Crippen molar-refractivity contribution in [2.45, 2.75) is 0 Å². The van der Waals surface area contributed by atoms with Gasteiger partial charge in [0.05, 0.1) is 11.2 Å². The lowest BCUT2D eigenvalue weighted by atomic mass is 10.4. The van der Waals surface area contributed by atoms with Crippen LogP contribution in [0.4, 0.5) is 0 Å². The quantitative estimate of drug-likeness (QED) is 0.551. The molecule has 0 saturated heterocycles. The molecule has 0 aliphatic carbocycles. The summed E-state index contributed by atoms with van der Waals surface area (Å²) in [7, 11) is -2.71. The third-order valence-corrected chi connectivity index (χ3v) is 0.813. The normalized spacial score (nSPS) is 15.3. The van der Waals surface area contributed by atoms with E-state index in [1.165, 1.54) is 12.3 Å². The van der Waals surface area contributed by atoms with Crippen LogP contribution in [0.25, 0.3) is 0 Å². The Morgan fingerprint density at radius 2 is 3.00 bits per heavy atom. The van der Waals surface area contributed by atoms with E-state index < -0.39 is 13.0 Å². The SMILES string of the molecule is [2H]C([2H])([2H])OC(=O)c1ccn[nH]1. The zero-order valence-corrected chi connectivity index (χ0v) is 4.42. The molecule has 0 aliphatic heterocycles. The third-order valence-electron chi connectivity index (χ3n) is 0.813. The maximum atomic E-state index is 10.9. The first-order valence-electron chi connectivity index (χ1n) is 3.72. The molecule has 4 heteroatoms. The molecule has 0 amide bonds. The minimum Gasteiger partial charge on any atom is -0.464 e. The van der Waals surface area contributed by atoms with Crippen LogP contribution in [0.5, 0.6) is 0 Å². The summed E-state index contributed by atoms with van der Waals surface area (Å²) < 4.78 is 23.9. The molecule has 1 heterocycles. The lowest BCUT2D eigenvalue weighted by Gasteiger charge is -1.90. The molecule has 0 saturated carbocycles. The van der Waals surface area contributed by atoms with Gasteiger partial charge in [-0.1, -0.05) is 0 Å². The molecule has 1 N–H and O–H groups in total. The molecule has 1 aromatic heterocycles. The van der Waals surface area contributed by atoms with Crippen molar-refractivity contribution in [2.24, 2.45) is 0 Å². The minimum atomic E-state index is -2.71. The van der Waals surface area contributed by atoms with Crippen molar-refractivity contribution in [3.05, 3.63) is 18.0 Å². The molecule has 0 aliphatic rings. The first-order chi connectivity index (χ1) is 5.49. The molecule has 0 atom stereocenters. The third kappa shape index (κ3) is 1.07. The van der Waals surface area contributed by atoms with Crippen LogP contribution in [0.15, 0.2) is 12.3 Å². The van der Waals surface area contributed by atoms with Crippen molar-refractivity contribution in [2.75, 3.05) is 7.04 Å². The number of H-pyrrole nitrogens is 1. The second-order valence-corrected chi connectivity index (χ2v) is 1.36. The number of methoxy groups -OCH3 is 1. The summed E-state index contributed by atoms with van der Waals surface area (Å²) in [5, 5.41) is 5.75. The van der Waals surface area contributed by atoms with Crippen molar-refractivity contribution in [1.29, 1.82) is 0 Å². The molecule has 0 spiro atoms. The number of aromatic nitrogens is 2. The molecular formula is C5H6N2O2. The van der Waals surface area contributed by atoms with E-state index in [9.17, 15) is 4.79 Å². The van der Waals surface area contributed by atoms with Crippen LogP contribution in [0.2, 0.25) is 0 Å². The first-order valence-corrected chi connectivity index (χ1v) is 2.22. The molecule has 0 fully saturated rings. The summed E-state index contributed by atoms with van der Waals surface area (Å²) in [6.07, 6.45) is 1.33. The number of esters is 1. The largest absolute Gasteiger partial charge is 0.464 e. The van der Waals surface area contributed by atoms with E-state index in [0.717, 1.165) is 0 Å². The summed E-state index contributed by atoms with van der Waals surface area (Å²) in [6.45, 7) is 0. The van der Waals surface area contributed by atoms with Crippen molar-refractivity contribution in [3.63, 3.8) is 0 Å². The highest BCUT2D eigenvalue weighted by atomic mass is 16.5. The lowest BCUT2D eigenvalue weighted by Crippen LogP contribution is -2.00. The number of rotatable bonds is 1. The first kappa shape index (κ1) is 3.00. The molecule has 0 bridgehead atoms. The Hall–Kier alpha value is -1.32. The molecule has 0 radical (unpaired) electrons. The minimum absolute atomic E-state index is 0.0196. The fourth-order valence-corrected chi connectivity index (χ4v) is 0.425. The second-order valence-electron chi connectivity index (χ2n) is 1.36. The Balaban J connectivity index is 2.63. The summed E-state index contributed by atoms with van der Waals surface area (Å²) in [5.74, 6) is -0.938. The second kappa shape index (κ2) is 2.30. The van der Waals surface area contributed by atoms with Gasteiger partial charge in [0.1, 0.15) is 5.69 Å². The van der Waals surface area contributed by atoms with Crippen LogP contribution < -0.4 is 0 Å². The van der Waals surface area contributed by atoms with Crippen molar-refractivity contribution in [1.82, 2.24) is 10.2 Å². The van der Waals surface area contributed by atoms with E-state index in [-0.39, 0.29) is 5.69 Å². The average molecular weight is 129 g/mol. The fourth-order valence-electron chi connectivity index (χ4n) is 0.425. The Morgan fingerprint density at radius 1 is 2.11 bits per heavy atom. The predicted octanol–water partition coefficient (Wildman–Crippen LogP) is 0.196. The van der Waals surface area contributed by atoms with Gasteiger partial charge in [0.25, 0.3) is 0 Å². The highest BCUT2D eigenvalue weighted by Gasteiger charge is 2.03.